The molecule has 0 aliphatic carbocycles. The fourth-order valence-corrected chi connectivity index (χ4v) is 1.14. The number of halogens is 1. The lowest BCUT2D eigenvalue weighted by atomic mass is 9.95. The van der Waals surface area contributed by atoms with E-state index < -0.39 is 5.41 Å². The Bertz CT molecular complexity index is 210. The molecule has 0 aromatic heterocycles. The van der Waals surface area contributed by atoms with Gasteiger partial charge in [0.2, 0.25) is 5.91 Å². The van der Waals surface area contributed by atoms with Crippen molar-refractivity contribution >= 4 is 17.5 Å². The highest BCUT2D eigenvalue weighted by atomic mass is 35.5. The lowest BCUT2D eigenvalue weighted by molar-refractivity contribution is -0.128. The highest BCUT2D eigenvalue weighted by Gasteiger charge is 2.25. The van der Waals surface area contributed by atoms with Gasteiger partial charge in [0.05, 0.1) is 12.0 Å². The van der Waals surface area contributed by atoms with Gasteiger partial charge in [0.15, 0.2) is 0 Å². The van der Waals surface area contributed by atoms with Gasteiger partial charge in [0.25, 0.3) is 0 Å². The Kier molecular flexibility index (Phi) is 7.72. The third-order valence-corrected chi connectivity index (χ3v) is 3.07. The van der Waals surface area contributed by atoms with E-state index in [9.17, 15) is 4.79 Å². The number of amides is 1. The lowest BCUT2D eigenvalue weighted by Gasteiger charge is -2.22. The fourth-order valence-electron chi connectivity index (χ4n) is 1.02. The zero-order valence-corrected chi connectivity index (χ0v) is 11.4. The molecule has 0 saturated carbocycles. The van der Waals surface area contributed by atoms with Crippen LogP contribution in [0.15, 0.2) is 0 Å². The molecule has 0 atom stereocenters. The smallest absolute Gasteiger partial charge is 0.226 e. The molecule has 0 aliphatic rings. The molecule has 0 heterocycles. The van der Waals surface area contributed by atoms with Crippen LogP contribution in [-0.2, 0) is 9.53 Å². The largest absolute Gasteiger partial charge is 0.383 e. The summed E-state index contributed by atoms with van der Waals surface area (Å²) in [5, 5.41) is 2.88. The number of rotatable bonds is 8. The maximum absolute atomic E-state index is 11.7. The van der Waals surface area contributed by atoms with Crippen molar-refractivity contribution in [2.75, 3.05) is 46.3 Å². The maximum atomic E-state index is 11.7. The van der Waals surface area contributed by atoms with Crippen molar-refractivity contribution in [2.24, 2.45) is 5.41 Å². The standard InChI is InChI=1S/C11H23ClN2O2/c1-11(2,9-12)10(15)13-5-6-14(3)7-8-16-4/h5-9H2,1-4H3,(H,13,15). The molecule has 4 nitrogen and oxygen atoms in total. The molecule has 0 spiro atoms. The maximum Gasteiger partial charge on any atom is 0.226 e. The van der Waals surface area contributed by atoms with Crippen LogP contribution in [0.4, 0.5) is 0 Å². The van der Waals surface area contributed by atoms with Gasteiger partial charge >= 0.3 is 0 Å². The second-order valence-corrected chi connectivity index (χ2v) is 4.84. The zero-order chi connectivity index (χ0) is 12.6. The summed E-state index contributed by atoms with van der Waals surface area (Å²) in [7, 11) is 3.68. The third kappa shape index (κ3) is 6.30. The highest BCUT2D eigenvalue weighted by molar-refractivity contribution is 6.19. The SMILES string of the molecule is COCCN(C)CCNC(=O)C(C)(C)CCl. The number of nitrogens with one attached hydrogen (secondary N) is 1. The second kappa shape index (κ2) is 7.87. The van der Waals surface area contributed by atoms with Crippen molar-refractivity contribution < 1.29 is 9.53 Å². The van der Waals surface area contributed by atoms with Gasteiger partial charge < -0.3 is 15.0 Å². The predicted octanol–water partition coefficient (Wildman–Crippen LogP) is 0.946. The van der Waals surface area contributed by atoms with Gasteiger partial charge in [-0.05, 0) is 20.9 Å². The molecule has 5 heteroatoms. The van der Waals surface area contributed by atoms with Crippen molar-refractivity contribution in [3.8, 4) is 0 Å². The van der Waals surface area contributed by atoms with Crippen LogP contribution in [0.1, 0.15) is 13.8 Å². The first-order chi connectivity index (χ1) is 7.44. The first-order valence-corrected chi connectivity index (χ1v) is 5.99. The molecule has 0 saturated heterocycles. The molecule has 0 aromatic rings. The number of methoxy groups -OCH3 is 1. The minimum Gasteiger partial charge on any atom is -0.383 e. The van der Waals surface area contributed by atoms with Gasteiger partial charge in [0.1, 0.15) is 0 Å². The van der Waals surface area contributed by atoms with Crippen molar-refractivity contribution in [1.82, 2.24) is 10.2 Å². The van der Waals surface area contributed by atoms with Crippen molar-refractivity contribution in [3.63, 3.8) is 0 Å². The summed E-state index contributed by atoms with van der Waals surface area (Å²) in [5.74, 6) is 0.334. The monoisotopic (exact) mass is 250 g/mol. The van der Waals surface area contributed by atoms with E-state index in [0.29, 0.717) is 19.0 Å². The molecule has 0 rings (SSSR count). The van der Waals surface area contributed by atoms with E-state index in [1.807, 2.05) is 20.9 Å². The quantitative estimate of drug-likeness (QED) is 0.652. The predicted molar refractivity (Wildman–Crippen MR) is 66.9 cm³/mol. The molecule has 0 unspecified atom stereocenters. The van der Waals surface area contributed by atoms with Gasteiger partial charge in [-0.15, -0.1) is 11.6 Å². The van der Waals surface area contributed by atoms with Gasteiger partial charge in [0, 0.05) is 32.6 Å². The van der Waals surface area contributed by atoms with E-state index in [0.717, 1.165) is 13.1 Å². The summed E-state index contributed by atoms with van der Waals surface area (Å²) in [6.45, 7) is 6.70. The third-order valence-electron chi connectivity index (χ3n) is 2.40. The molecule has 96 valence electrons. The van der Waals surface area contributed by atoms with Crippen LogP contribution in [0.2, 0.25) is 0 Å². The number of hydrogen-bond donors (Lipinski definition) is 1. The lowest BCUT2D eigenvalue weighted by Crippen LogP contribution is -2.41. The molecular formula is C11H23ClN2O2. The number of alkyl halides is 1. The van der Waals surface area contributed by atoms with Crippen molar-refractivity contribution in [1.29, 1.82) is 0 Å². The van der Waals surface area contributed by atoms with Crippen molar-refractivity contribution in [3.05, 3.63) is 0 Å². The van der Waals surface area contributed by atoms with Gasteiger partial charge in [-0.1, -0.05) is 0 Å². The van der Waals surface area contributed by atoms with Crippen LogP contribution in [-0.4, -0.2) is 57.1 Å². The molecule has 16 heavy (non-hydrogen) atoms. The Morgan fingerprint density at radius 2 is 2.06 bits per heavy atom. The minimum atomic E-state index is -0.493. The normalized spacial score (nSPS) is 11.9. The van der Waals surface area contributed by atoms with Crippen LogP contribution in [0.5, 0.6) is 0 Å². The number of nitrogens with zero attached hydrogens (tertiary/aromatic N) is 1. The summed E-state index contributed by atoms with van der Waals surface area (Å²) in [6.07, 6.45) is 0. The van der Waals surface area contributed by atoms with Crippen LogP contribution >= 0.6 is 11.6 Å². The van der Waals surface area contributed by atoms with E-state index in [1.165, 1.54) is 0 Å². The van der Waals surface area contributed by atoms with E-state index >= 15 is 0 Å². The first kappa shape index (κ1) is 15.7. The van der Waals surface area contributed by atoms with Gasteiger partial charge in [-0.25, -0.2) is 0 Å². The molecule has 0 bridgehead atoms. The highest BCUT2D eigenvalue weighted by Crippen LogP contribution is 2.16. The average molecular weight is 251 g/mol. The number of ether oxygens (including phenoxy) is 1. The fraction of sp³-hybridized carbons (Fsp3) is 0.909. The summed E-state index contributed by atoms with van der Waals surface area (Å²) in [5.41, 5.74) is -0.493. The Morgan fingerprint density at radius 3 is 2.56 bits per heavy atom. The van der Waals surface area contributed by atoms with Crippen LogP contribution < -0.4 is 5.32 Å². The molecule has 0 radical (unpaired) electrons. The van der Waals surface area contributed by atoms with Crippen LogP contribution in [0.25, 0.3) is 0 Å². The van der Waals surface area contributed by atoms with E-state index in [4.69, 9.17) is 16.3 Å². The number of hydrogen-bond acceptors (Lipinski definition) is 3. The summed E-state index contributed by atoms with van der Waals surface area (Å²) >= 11 is 5.71. The zero-order valence-electron chi connectivity index (χ0n) is 10.7. The summed E-state index contributed by atoms with van der Waals surface area (Å²) in [6, 6.07) is 0. The average Bonchev–Trinajstić information content (AvgIpc) is 2.26. The molecule has 0 fully saturated rings. The number of carbonyl (C=O) groups is 1. The second-order valence-electron chi connectivity index (χ2n) is 4.57. The molecule has 1 amide bonds. The molecule has 1 N–H and O–H groups in total. The summed E-state index contributed by atoms with van der Waals surface area (Å²) in [4.78, 5) is 13.8. The Morgan fingerprint density at radius 1 is 1.44 bits per heavy atom. The summed E-state index contributed by atoms with van der Waals surface area (Å²) < 4.78 is 4.97. The molecule has 0 aliphatic heterocycles. The molecule has 0 aromatic carbocycles. The minimum absolute atomic E-state index is 0.00245. The Balaban J connectivity index is 3.69. The van der Waals surface area contributed by atoms with Crippen molar-refractivity contribution in [2.45, 2.75) is 13.8 Å². The Hall–Kier alpha value is -0.320. The van der Waals surface area contributed by atoms with E-state index in [1.54, 1.807) is 7.11 Å². The number of carbonyl (C=O) groups excluding carboxylic acids is 1. The Labute approximate surface area is 103 Å². The van der Waals surface area contributed by atoms with Crippen LogP contribution in [0.3, 0.4) is 0 Å². The van der Waals surface area contributed by atoms with Gasteiger partial charge in [-0.2, -0.15) is 0 Å². The van der Waals surface area contributed by atoms with Crippen LogP contribution in [0, 0.1) is 5.41 Å². The topological polar surface area (TPSA) is 41.6 Å². The number of likely N-dealkylation sites (N-methyl/N-ethyl adjacent to an activating group) is 1. The molecular weight excluding hydrogens is 228 g/mol. The van der Waals surface area contributed by atoms with E-state index in [2.05, 4.69) is 10.2 Å². The first-order valence-electron chi connectivity index (χ1n) is 5.46. The van der Waals surface area contributed by atoms with Gasteiger partial charge in [-0.3, -0.25) is 4.79 Å². The van der Waals surface area contributed by atoms with E-state index in [-0.39, 0.29) is 5.91 Å².